The Bertz CT molecular complexity index is 461. The van der Waals surface area contributed by atoms with Gasteiger partial charge in [-0.3, -0.25) is 4.79 Å². The number of nitrogens with one attached hydrogen (secondary N) is 1. The Morgan fingerprint density at radius 1 is 1.25 bits per heavy atom. The highest BCUT2D eigenvalue weighted by molar-refractivity contribution is 5.81. The van der Waals surface area contributed by atoms with Gasteiger partial charge in [-0.15, -0.1) is 0 Å². The summed E-state index contributed by atoms with van der Waals surface area (Å²) in [4.78, 5) is 16.2. The molecule has 0 unspecified atom stereocenters. The zero-order valence-electron chi connectivity index (χ0n) is 12.1. The average Bonchev–Trinajstić information content (AvgIpc) is 3.19. The fourth-order valence-electron chi connectivity index (χ4n) is 2.73. The van der Waals surface area contributed by atoms with Crippen LogP contribution in [0, 0.1) is 0 Å². The van der Waals surface area contributed by atoms with Gasteiger partial charge in [-0.25, -0.2) is 0 Å². The molecule has 2 fully saturated rings. The van der Waals surface area contributed by atoms with E-state index in [0.717, 1.165) is 31.6 Å². The van der Waals surface area contributed by atoms with Gasteiger partial charge in [-0.1, -0.05) is 0 Å². The van der Waals surface area contributed by atoms with Crippen molar-refractivity contribution in [2.45, 2.75) is 31.7 Å². The van der Waals surface area contributed by atoms with Crippen LogP contribution in [0.15, 0.2) is 24.3 Å². The summed E-state index contributed by atoms with van der Waals surface area (Å²) in [6.07, 6.45) is 4.91. The normalized spacial score (nSPS) is 18.1. The van der Waals surface area contributed by atoms with Gasteiger partial charge in [0.15, 0.2) is 0 Å². The third-order valence-electron chi connectivity index (χ3n) is 4.27. The maximum absolute atomic E-state index is 11.9. The van der Waals surface area contributed by atoms with Crippen LogP contribution in [0.5, 0.6) is 0 Å². The van der Waals surface area contributed by atoms with E-state index >= 15 is 0 Å². The fourth-order valence-corrected chi connectivity index (χ4v) is 2.73. The number of rotatable bonds is 5. The molecule has 108 valence electrons. The van der Waals surface area contributed by atoms with Crippen LogP contribution in [0.3, 0.4) is 0 Å². The predicted octanol–water partition coefficient (Wildman–Crippen LogP) is 2.32. The van der Waals surface area contributed by atoms with E-state index in [1.165, 1.54) is 18.5 Å². The number of nitrogens with zero attached hydrogens (tertiary/aromatic N) is 2. The quantitative estimate of drug-likeness (QED) is 0.894. The molecule has 1 N–H and O–H groups in total. The Morgan fingerprint density at radius 2 is 1.90 bits per heavy atom. The van der Waals surface area contributed by atoms with Crippen LogP contribution >= 0.6 is 0 Å². The van der Waals surface area contributed by atoms with Gasteiger partial charge in [-0.05, 0) is 49.9 Å². The molecule has 4 nitrogen and oxygen atoms in total. The summed E-state index contributed by atoms with van der Waals surface area (Å²) >= 11 is 0. The van der Waals surface area contributed by atoms with Crippen molar-refractivity contribution < 1.29 is 4.79 Å². The van der Waals surface area contributed by atoms with Crippen molar-refractivity contribution in [1.82, 2.24) is 4.90 Å². The Kier molecular flexibility index (Phi) is 3.81. The molecule has 1 aliphatic heterocycles. The highest BCUT2D eigenvalue weighted by atomic mass is 16.2. The first-order valence-electron chi connectivity index (χ1n) is 7.58. The van der Waals surface area contributed by atoms with Crippen LogP contribution in [-0.2, 0) is 4.79 Å². The number of carbonyl (C=O) groups is 1. The standard InChI is InChI=1S/C16H23N3O/c1-18(14-8-9-14)16(20)12-17-13-4-6-15(7-5-13)19-10-2-3-11-19/h4-7,14,17H,2-3,8-12H2,1H3. The summed E-state index contributed by atoms with van der Waals surface area (Å²) < 4.78 is 0. The largest absolute Gasteiger partial charge is 0.376 e. The molecule has 2 aliphatic rings. The van der Waals surface area contributed by atoms with Gasteiger partial charge in [0.05, 0.1) is 6.54 Å². The number of benzene rings is 1. The number of likely N-dealkylation sites (N-methyl/N-ethyl adjacent to an activating group) is 1. The van der Waals surface area contributed by atoms with Gasteiger partial charge in [0, 0.05) is 37.6 Å². The van der Waals surface area contributed by atoms with E-state index in [9.17, 15) is 4.79 Å². The van der Waals surface area contributed by atoms with Gasteiger partial charge < -0.3 is 15.1 Å². The third-order valence-corrected chi connectivity index (χ3v) is 4.27. The zero-order valence-corrected chi connectivity index (χ0v) is 12.1. The van der Waals surface area contributed by atoms with E-state index in [-0.39, 0.29) is 5.91 Å². The number of anilines is 2. The fraction of sp³-hybridized carbons (Fsp3) is 0.562. The van der Waals surface area contributed by atoms with Crippen LogP contribution in [0.2, 0.25) is 0 Å². The molecule has 0 radical (unpaired) electrons. The van der Waals surface area contributed by atoms with Gasteiger partial charge >= 0.3 is 0 Å². The van der Waals surface area contributed by atoms with Crippen molar-refractivity contribution in [3.05, 3.63) is 24.3 Å². The molecule has 0 bridgehead atoms. The SMILES string of the molecule is CN(C(=O)CNc1ccc(N2CCCC2)cc1)C1CC1. The minimum absolute atomic E-state index is 0.177. The summed E-state index contributed by atoms with van der Waals surface area (Å²) in [7, 11) is 1.90. The van der Waals surface area contributed by atoms with Gasteiger partial charge in [0.2, 0.25) is 5.91 Å². The molecule has 1 aromatic carbocycles. The molecule has 1 saturated carbocycles. The van der Waals surface area contributed by atoms with Crippen molar-refractivity contribution in [2.24, 2.45) is 0 Å². The first-order chi connectivity index (χ1) is 9.74. The Balaban J connectivity index is 1.51. The molecular formula is C16H23N3O. The van der Waals surface area contributed by atoms with Crippen LogP contribution in [0.25, 0.3) is 0 Å². The van der Waals surface area contributed by atoms with E-state index < -0.39 is 0 Å². The molecule has 0 spiro atoms. The molecule has 0 atom stereocenters. The second-order valence-corrected chi connectivity index (χ2v) is 5.83. The van der Waals surface area contributed by atoms with Crippen molar-refractivity contribution in [2.75, 3.05) is 36.9 Å². The Labute approximate surface area is 120 Å². The number of hydrogen-bond donors (Lipinski definition) is 1. The molecule has 1 aromatic rings. The topological polar surface area (TPSA) is 35.6 Å². The molecule has 1 saturated heterocycles. The summed E-state index contributed by atoms with van der Waals surface area (Å²) in [5.74, 6) is 0.177. The average molecular weight is 273 g/mol. The van der Waals surface area contributed by atoms with E-state index in [2.05, 4.69) is 34.5 Å². The van der Waals surface area contributed by atoms with E-state index in [4.69, 9.17) is 0 Å². The lowest BCUT2D eigenvalue weighted by Crippen LogP contribution is -2.33. The van der Waals surface area contributed by atoms with Crippen LogP contribution in [-0.4, -0.2) is 43.5 Å². The zero-order chi connectivity index (χ0) is 13.9. The second kappa shape index (κ2) is 5.73. The third kappa shape index (κ3) is 3.06. The van der Waals surface area contributed by atoms with Crippen molar-refractivity contribution in [3.8, 4) is 0 Å². The minimum atomic E-state index is 0.177. The van der Waals surface area contributed by atoms with Crippen molar-refractivity contribution >= 4 is 17.3 Å². The number of amides is 1. The first-order valence-corrected chi connectivity index (χ1v) is 7.58. The maximum atomic E-state index is 11.9. The molecule has 1 heterocycles. The molecular weight excluding hydrogens is 250 g/mol. The van der Waals surface area contributed by atoms with Gasteiger partial charge in [0.1, 0.15) is 0 Å². The first kappa shape index (κ1) is 13.3. The van der Waals surface area contributed by atoms with Gasteiger partial charge in [-0.2, -0.15) is 0 Å². The van der Waals surface area contributed by atoms with Crippen LogP contribution < -0.4 is 10.2 Å². The molecule has 20 heavy (non-hydrogen) atoms. The molecule has 4 heteroatoms. The van der Waals surface area contributed by atoms with Crippen LogP contribution in [0.4, 0.5) is 11.4 Å². The number of carbonyl (C=O) groups excluding carboxylic acids is 1. The highest BCUT2D eigenvalue weighted by Gasteiger charge is 2.29. The predicted molar refractivity (Wildman–Crippen MR) is 82.2 cm³/mol. The monoisotopic (exact) mass is 273 g/mol. The second-order valence-electron chi connectivity index (χ2n) is 5.83. The Hall–Kier alpha value is -1.71. The smallest absolute Gasteiger partial charge is 0.241 e. The van der Waals surface area contributed by atoms with Crippen molar-refractivity contribution in [1.29, 1.82) is 0 Å². The molecule has 0 aromatic heterocycles. The molecule has 3 rings (SSSR count). The van der Waals surface area contributed by atoms with E-state index in [1.54, 1.807) is 0 Å². The minimum Gasteiger partial charge on any atom is -0.376 e. The maximum Gasteiger partial charge on any atom is 0.241 e. The lowest BCUT2D eigenvalue weighted by Gasteiger charge is -2.19. The highest BCUT2D eigenvalue weighted by Crippen LogP contribution is 2.25. The Morgan fingerprint density at radius 3 is 2.50 bits per heavy atom. The van der Waals surface area contributed by atoms with Gasteiger partial charge in [0.25, 0.3) is 0 Å². The van der Waals surface area contributed by atoms with E-state index in [1.807, 2.05) is 11.9 Å². The van der Waals surface area contributed by atoms with Crippen LogP contribution in [0.1, 0.15) is 25.7 Å². The summed E-state index contributed by atoms with van der Waals surface area (Å²) in [6.45, 7) is 2.71. The van der Waals surface area contributed by atoms with E-state index in [0.29, 0.717) is 12.6 Å². The summed E-state index contributed by atoms with van der Waals surface area (Å²) in [5.41, 5.74) is 2.31. The lowest BCUT2D eigenvalue weighted by molar-refractivity contribution is -0.128. The molecule has 1 amide bonds. The van der Waals surface area contributed by atoms with Crippen molar-refractivity contribution in [3.63, 3.8) is 0 Å². The number of hydrogen-bond acceptors (Lipinski definition) is 3. The lowest BCUT2D eigenvalue weighted by atomic mass is 10.2. The summed E-state index contributed by atoms with van der Waals surface area (Å²) in [5, 5.41) is 3.22. The summed E-state index contributed by atoms with van der Waals surface area (Å²) in [6, 6.07) is 8.91. The molecule has 1 aliphatic carbocycles.